The van der Waals surface area contributed by atoms with Gasteiger partial charge in [0.25, 0.3) is 0 Å². The summed E-state index contributed by atoms with van der Waals surface area (Å²) in [4.78, 5) is 0. The van der Waals surface area contributed by atoms with Crippen LogP contribution in [0, 0.1) is 5.53 Å². The van der Waals surface area contributed by atoms with E-state index in [0.717, 1.165) is 5.70 Å². The monoisotopic (exact) mass is 111 g/mol. The SMILES string of the molecule is C=C(/C=C\N=N)NC. The van der Waals surface area contributed by atoms with E-state index >= 15 is 0 Å². The summed E-state index contributed by atoms with van der Waals surface area (Å²) in [6, 6.07) is 0. The molecule has 3 nitrogen and oxygen atoms in total. The van der Waals surface area contributed by atoms with E-state index in [1.54, 1.807) is 13.1 Å². The minimum atomic E-state index is 0.751. The highest BCUT2D eigenvalue weighted by atomic mass is 14.9. The van der Waals surface area contributed by atoms with Crippen molar-refractivity contribution in [2.24, 2.45) is 5.11 Å². The van der Waals surface area contributed by atoms with E-state index in [9.17, 15) is 0 Å². The van der Waals surface area contributed by atoms with Crippen molar-refractivity contribution in [3.05, 3.63) is 24.6 Å². The highest BCUT2D eigenvalue weighted by Crippen LogP contribution is 1.83. The van der Waals surface area contributed by atoms with Gasteiger partial charge in [-0.05, 0) is 6.08 Å². The van der Waals surface area contributed by atoms with Gasteiger partial charge in [0.15, 0.2) is 0 Å². The van der Waals surface area contributed by atoms with Gasteiger partial charge in [-0.3, -0.25) is 0 Å². The molecule has 0 aliphatic heterocycles. The van der Waals surface area contributed by atoms with Crippen LogP contribution in [0.2, 0.25) is 0 Å². The van der Waals surface area contributed by atoms with Crippen LogP contribution in [-0.4, -0.2) is 7.05 Å². The van der Waals surface area contributed by atoms with Crippen LogP contribution in [0.5, 0.6) is 0 Å². The smallest absolute Gasteiger partial charge is 0.0509 e. The first-order chi connectivity index (χ1) is 3.81. The Morgan fingerprint density at radius 3 is 2.88 bits per heavy atom. The molecule has 0 aromatic heterocycles. The minimum absolute atomic E-state index is 0.751. The van der Waals surface area contributed by atoms with Crippen molar-refractivity contribution >= 4 is 0 Å². The molecule has 0 bridgehead atoms. The van der Waals surface area contributed by atoms with Gasteiger partial charge < -0.3 is 5.32 Å². The van der Waals surface area contributed by atoms with Crippen LogP contribution in [0.3, 0.4) is 0 Å². The molecular formula is C5H9N3. The van der Waals surface area contributed by atoms with Crippen LogP contribution >= 0.6 is 0 Å². The number of allylic oxidation sites excluding steroid dienone is 1. The summed E-state index contributed by atoms with van der Waals surface area (Å²) < 4.78 is 0. The van der Waals surface area contributed by atoms with E-state index in [1.165, 1.54) is 6.20 Å². The molecule has 8 heavy (non-hydrogen) atoms. The number of nitrogens with one attached hydrogen (secondary N) is 2. The zero-order chi connectivity index (χ0) is 6.41. The van der Waals surface area contributed by atoms with Crippen LogP contribution in [0.1, 0.15) is 0 Å². The van der Waals surface area contributed by atoms with Gasteiger partial charge in [-0.15, -0.1) is 0 Å². The van der Waals surface area contributed by atoms with Crippen molar-refractivity contribution < 1.29 is 0 Å². The maximum absolute atomic E-state index is 6.34. The summed E-state index contributed by atoms with van der Waals surface area (Å²) in [6.45, 7) is 3.57. The zero-order valence-corrected chi connectivity index (χ0v) is 4.81. The van der Waals surface area contributed by atoms with Crippen molar-refractivity contribution in [2.75, 3.05) is 7.05 Å². The number of rotatable bonds is 3. The van der Waals surface area contributed by atoms with Crippen molar-refractivity contribution in [3.8, 4) is 0 Å². The Bertz CT molecular complexity index is 115. The molecule has 0 rings (SSSR count). The normalized spacial score (nSPS) is 9.12. The van der Waals surface area contributed by atoms with Gasteiger partial charge in [-0.1, -0.05) is 6.58 Å². The quantitative estimate of drug-likeness (QED) is 0.418. The molecule has 0 saturated heterocycles. The molecule has 44 valence electrons. The van der Waals surface area contributed by atoms with E-state index in [4.69, 9.17) is 5.53 Å². The summed E-state index contributed by atoms with van der Waals surface area (Å²) in [5.74, 6) is 0. The fourth-order valence-corrected chi connectivity index (χ4v) is 0.211. The Balaban J connectivity index is 3.52. The molecule has 0 aromatic rings. The Labute approximate surface area is 48.6 Å². The third-order valence-electron chi connectivity index (χ3n) is 0.671. The molecule has 0 unspecified atom stereocenters. The number of hydrogen-bond acceptors (Lipinski definition) is 3. The average Bonchev–Trinajstić information content (AvgIpc) is 1.83. The van der Waals surface area contributed by atoms with Crippen LogP contribution < -0.4 is 5.32 Å². The fourth-order valence-electron chi connectivity index (χ4n) is 0.211. The van der Waals surface area contributed by atoms with Crippen molar-refractivity contribution in [1.82, 2.24) is 5.32 Å². The fraction of sp³-hybridized carbons (Fsp3) is 0.200. The highest BCUT2D eigenvalue weighted by molar-refractivity contribution is 5.10. The topological polar surface area (TPSA) is 48.2 Å². The molecule has 0 fully saturated rings. The first-order valence-corrected chi connectivity index (χ1v) is 2.21. The molecule has 0 saturated carbocycles. The van der Waals surface area contributed by atoms with E-state index in [2.05, 4.69) is 17.0 Å². The second-order valence-corrected chi connectivity index (χ2v) is 1.22. The van der Waals surface area contributed by atoms with E-state index < -0.39 is 0 Å². The average molecular weight is 111 g/mol. The Kier molecular flexibility index (Phi) is 3.48. The van der Waals surface area contributed by atoms with Gasteiger partial charge in [0.1, 0.15) is 0 Å². The summed E-state index contributed by atoms with van der Waals surface area (Å²) >= 11 is 0. The van der Waals surface area contributed by atoms with Crippen molar-refractivity contribution in [2.45, 2.75) is 0 Å². The maximum Gasteiger partial charge on any atom is 0.0509 e. The Hall–Kier alpha value is -1.12. The summed E-state index contributed by atoms with van der Waals surface area (Å²) in [5, 5.41) is 5.77. The van der Waals surface area contributed by atoms with Gasteiger partial charge in [-0.2, -0.15) is 5.11 Å². The molecule has 2 N–H and O–H groups in total. The van der Waals surface area contributed by atoms with Gasteiger partial charge >= 0.3 is 0 Å². The molecule has 0 atom stereocenters. The third-order valence-corrected chi connectivity index (χ3v) is 0.671. The van der Waals surface area contributed by atoms with Crippen molar-refractivity contribution in [3.63, 3.8) is 0 Å². The van der Waals surface area contributed by atoms with Crippen LogP contribution in [0.25, 0.3) is 0 Å². The van der Waals surface area contributed by atoms with E-state index in [0.29, 0.717) is 0 Å². The summed E-state index contributed by atoms with van der Waals surface area (Å²) in [7, 11) is 1.76. The predicted octanol–water partition coefficient (Wildman–Crippen LogP) is 1.26. The van der Waals surface area contributed by atoms with Crippen molar-refractivity contribution in [1.29, 1.82) is 5.53 Å². The first kappa shape index (κ1) is 6.88. The lowest BCUT2D eigenvalue weighted by molar-refractivity contribution is 1.03. The second-order valence-electron chi connectivity index (χ2n) is 1.22. The molecular weight excluding hydrogens is 102 g/mol. The number of nitrogens with zero attached hydrogens (tertiary/aromatic N) is 1. The van der Waals surface area contributed by atoms with E-state index in [1.807, 2.05) is 0 Å². The molecule has 0 aliphatic rings. The van der Waals surface area contributed by atoms with E-state index in [-0.39, 0.29) is 0 Å². The third kappa shape index (κ3) is 3.08. The molecule has 0 aliphatic carbocycles. The minimum Gasteiger partial charge on any atom is -0.389 e. The highest BCUT2D eigenvalue weighted by Gasteiger charge is 1.74. The molecule has 0 heterocycles. The van der Waals surface area contributed by atoms with Gasteiger partial charge in [0.2, 0.25) is 0 Å². The summed E-state index contributed by atoms with van der Waals surface area (Å²) in [6.07, 6.45) is 2.98. The molecule has 0 radical (unpaired) electrons. The Morgan fingerprint density at radius 2 is 2.50 bits per heavy atom. The van der Waals surface area contributed by atoms with Crippen LogP contribution in [-0.2, 0) is 0 Å². The van der Waals surface area contributed by atoms with Gasteiger partial charge in [-0.25, -0.2) is 5.53 Å². The lowest BCUT2D eigenvalue weighted by atomic mass is 10.5. The molecule has 0 aromatic carbocycles. The maximum atomic E-state index is 6.34. The largest absolute Gasteiger partial charge is 0.389 e. The second kappa shape index (κ2) is 4.05. The zero-order valence-electron chi connectivity index (χ0n) is 4.81. The van der Waals surface area contributed by atoms with Gasteiger partial charge in [0.05, 0.1) is 6.20 Å². The Morgan fingerprint density at radius 1 is 1.88 bits per heavy atom. The first-order valence-electron chi connectivity index (χ1n) is 2.21. The summed E-state index contributed by atoms with van der Waals surface area (Å²) in [5.41, 5.74) is 7.09. The molecule has 0 amide bonds. The lowest BCUT2D eigenvalue weighted by Crippen LogP contribution is -1.99. The molecule has 0 spiro atoms. The number of hydrogen-bond donors (Lipinski definition) is 2. The number of likely N-dealkylation sites (N-methyl/N-ethyl adjacent to an activating group) is 1. The standard InChI is InChI=1S/C5H9N3/c1-5(7-2)3-4-8-6/h3-4,6-7H,1H2,2H3/b4-3-,8-6?. The van der Waals surface area contributed by atoms with Gasteiger partial charge in [0, 0.05) is 12.7 Å². The lowest BCUT2D eigenvalue weighted by Gasteiger charge is -1.91. The van der Waals surface area contributed by atoms with Crippen LogP contribution in [0.15, 0.2) is 29.7 Å². The van der Waals surface area contributed by atoms with Crippen LogP contribution in [0.4, 0.5) is 0 Å². The predicted molar refractivity (Wildman–Crippen MR) is 32.5 cm³/mol. The molecule has 3 heteroatoms.